The Morgan fingerprint density at radius 1 is 1.47 bits per heavy atom. The van der Waals surface area contributed by atoms with Crippen molar-refractivity contribution in [3.8, 4) is 0 Å². The first-order chi connectivity index (χ1) is 9.00. The summed E-state index contributed by atoms with van der Waals surface area (Å²) >= 11 is 0. The summed E-state index contributed by atoms with van der Waals surface area (Å²) in [6.07, 6.45) is 3.45. The fourth-order valence-electron chi connectivity index (χ4n) is 2.37. The zero-order valence-electron chi connectivity index (χ0n) is 11.5. The third-order valence-electron chi connectivity index (χ3n) is 3.86. The molecule has 0 amide bonds. The van der Waals surface area contributed by atoms with Gasteiger partial charge in [-0.05, 0) is 25.7 Å². The Bertz CT molecular complexity index is 534. The largest absolute Gasteiger partial charge is 0.326 e. The first-order valence-electron chi connectivity index (χ1n) is 6.74. The van der Waals surface area contributed by atoms with Crippen molar-refractivity contribution in [2.75, 3.05) is 13.1 Å². The molecule has 0 atom stereocenters. The SMILES string of the molecule is CCN(CC1CCC1)S(=O)(=O)c1n[nH]c(C)c1CN. The van der Waals surface area contributed by atoms with Crippen molar-refractivity contribution in [1.82, 2.24) is 14.5 Å². The van der Waals surface area contributed by atoms with Crippen LogP contribution < -0.4 is 5.73 Å². The van der Waals surface area contributed by atoms with E-state index in [-0.39, 0.29) is 11.6 Å². The first kappa shape index (κ1) is 14.5. The molecule has 0 unspecified atom stereocenters. The summed E-state index contributed by atoms with van der Waals surface area (Å²) in [7, 11) is -3.53. The minimum absolute atomic E-state index is 0.0914. The second kappa shape index (κ2) is 5.60. The van der Waals surface area contributed by atoms with Crippen molar-refractivity contribution in [3.05, 3.63) is 11.3 Å². The van der Waals surface area contributed by atoms with E-state index in [2.05, 4.69) is 10.2 Å². The molecule has 2 rings (SSSR count). The smallest absolute Gasteiger partial charge is 0.262 e. The molecule has 3 N–H and O–H groups in total. The highest BCUT2D eigenvalue weighted by molar-refractivity contribution is 7.89. The minimum Gasteiger partial charge on any atom is -0.326 e. The van der Waals surface area contributed by atoms with Gasteiger partial charge in [0.25, 0.3) is 10.0 Å². The van der Waals surface area contributed by atoms with E-state index < -0.39 is 10.0 Å². The molecule has 0 spiro atoms. The number of rotatable bonds is 6. The Labute approximate surface area is 114 Å². The molecule has 1 aliphatic carbocycles. The zero-order chi connectivity index (χ0) is 14.0. The van der Waals surface area contributed by atoms with Gasteiger partial charge in [0.2, 0.25) is 0 Å². The van der Waals surface area contributed by atoms with Crippen LogP contribution in [0.15, 0.2) is 5.03 Å². The van der Waals surface area contributed by atoms with Crippen LogP contribution in [-0.2, 0) is 16.6 Å². The van der Waals surface area contributed by atoms with Crippen LogP contribution in [0, 0.1) is 12.8 Å². The maximum Gasteiger partial charge on any atom is 0.262 e. The predicted octanol–water partition coefficient (Wildman–Crippen LogP) is 0.988. The Morgan fingerprint density at radius 3 is 2.63 bits per heavy atom. The molecule has 0 radical (unpaired) electrons. The van der Waals surface area contributed by atoms with Gasteiger partial charge in [-0.2, -0.15) is 9.40 Å². The monoisotopic (exact) mass is 286 g/mol. The lowest BCUT2D eigenvalue weighted by atomic mass is 9.85. The Balaban J connectivity index is 2.27. The van der Waals surface area contributed by atoms with Gasteiger partial charge >= 0.3 is 0 Å². The highest BCUT2D eigenvalue weighted by atomic mass is 32.2. The number of aromatic nitrogens is 2. The van der Waals surface area contributed by atoms with E-state index in [9.17, 15) is 8.42 Å². The average molecular weight is 286 g/mol. The summed E-state index contributed by atoms with van der Waals surface area (Å²) in [6.45, 7) is 4.88. The van der Waals surface area contributed by atoms with Gasteiger partial charge in [0.1, 0.15) is 0 Å². The van der Waals surface area contributed by atoms with Crippen molar-refractivity contribution in [2.45, 2.75) is 44.7 Å². The second-order valence-corrected chi connectivity index (χ2v) is 6.94. The Kier molecular flexibility index (Phi) is 4.27. The van der Waals surface area contributed by atoms with Crippen LogP contribution in [0.1, 0.15) is 37.4 Å². The van der Waals surface area contributed by atoms with Crippen LogP contribution in [0.5, 0.6) is 0 Å². The first-order valence-corrected chi connectivity index (χ1v) is 8.18. The molecule has 1 aliphatic rings. The van der Waals surface area contributed by atoms with Gasteiger partial charge in [0.15, 0.2) is 5.03 Å². The molecule has 0 aliphatic heterocycles. The van der Waals surface area contributed by atoms with Gasteiger partial charge in [-0.1, -0.05) is 13.3 Å². The number of hydrogen-bond donors (Lipinski definition) is 2. The third-order valence-corrected chi connectivity index (χ3v) is 5.78. The Hall–Kier alpha value is -0.920. The van der Waals surface area contributed by atoms with Crippen molar-refractivity contribution >= 4 is 10.0 Å². The lowest BCUT2D eigenvalue weighted by molar-refractivity contribution is 0.249. The van der Waals surface area contributed by atoms with Crippen LogP contribution in [0.3, 0.4) is 0 Å². The number of nitrogens with two attached hydrogens (primary N) is 1. The number of aryl methyl sites for hydroxylation is 1. The van der Waals surface area contributed by atoms with Crippen molar-refractivity contribution in [3.63, 3.8) is 0 Å². The molecule has 1 heterocycles. The fraction of sp³-hybridized carbons (Fsp3) is 0.750. The van der Waals surface area contributed by atoms with Gasteiger partial charge in [-0.15, -0.1) is 0 Å². The van der Waals surface area contributed by atoms with Gasteiger partial charge in [-0.3, -0.25) is 5.10 Å². The van der Waals surface area contributed by atoms with Crippen molar-refractivity contribution < 1.29 is 8.42 Å². The summed E-state index contributed by atoms with van der Waals surface area (Å²) < 4.78 is 26.8. The number of aromatic amines is 1. The number of sulfonamides is 1. The van der Waals surface area contributed by atoms with Gasteiger partial charge < -0.3 is 5.73 Å². The number of hydrogen-bond acceptors (Lipinski definition) is 4. The molecule has 1 aromatic heterocycles. The molecule has 1 fully saturated rings. The molecular weight excluding hydrogens is 264 g/mol. The number of nitrogens with one attached hydrogen (secondary N) is 1. The maximum absolute atomic E-state index is 12.6. The van der Waals surface area contributed by atoms with Gasteiger partial charge in [0, 0.05) is 30.9 Å². The van der Waals surface area contributed by atoms with Gasteiger partial charge in [0.05, 0.1) is 0 Å². The van der Waals surface area contributed by atoms with E-state index in [0.717, 1.165) is 18.5 Å². The van der Waals surface area contributed by atoms with E-state index in [1.54, 1.807) is 6.92 Å². The lowest BCUT2D eigenvalue weighted by Gasteiger charge is -2.30. The minimum atomic E-state index is -3.53. The quantitative estimate of drug-likeness (QED) is 0.815. The van der Waals surface area contributed by atoms with E-state index in [0.29, 0.717) is 24.6 Å². The van der Waals surface area contributed by atoms with E-state index >= 15 is 0 Å². The highest BCUT2D eigenvalue weighted by Crippen LogP contribution is 2.29. The molecule has 19 heavy (non-hydrogen) atoms. The average Bonchev–Trinajstić information content (AvgIpc) is 2.69. The van der Waals surface area contributed by atoms with Crippen LogP contribution in [0.25, 0.3) is 0 Å². The summed E-state index contributed by atoms with van der Waals surface area (Å²) in [4.78, 5) is 0. The van der Waals surface area contributed by atoms with E-state index in [4.69, 9.17) is 5.73 Å². The normalized spacial score (nSPS) is 16.8. The van der Waals surface area contributed by atoms with Crippen LogP contribution in [0.4, 0.5) is 0 Å². The predicted molar refractivity (Wildman–Crippen MR) is 73.0 cm³/mol. The summed E-state index contributed by atoms with van der Waals surface area (Å²) in [6, 6.07) is 0. The fourth-order valence-corrected chi connectivity index (χ4v) is 4.07. The maximum atomic E-state index is 12.6. The Morgan fingerprint density at radius 2 is 2.16 bits per heavy atom. The summed E-state index contributed by atoms with van der Waals surface area (Å²) in [5, 5.41) is 6.75. The summed E-state index contributed by atoms with van der Waals surface area (Å²) in [5.41, 5.74) is 6.94. The lowest BCUT2D eigenvalue weighted by Crippen LogP contribution is -2.37. The van der Waals surface area contributed by atoms with Crippen LogP contribution in [0.2, 0.25) is 0 Å². The molecule has 108 valence electrons. The van der Waals surface area contributed by atoms with E-state index in [1.165, 1.54) is 10.7 Å². The molecule has 0 saturated heterocycles. The molecular formula is C12H22N4O2S. The third kappa shape index (κ3) is 2.68. The molecule has 1 saturated carbocycles. The molecule has 1 aromatic rings. The second-order valence-electron chi connectivity index (χ2n) is 5.09. The van der Waals surface area contributed by atoms with Gasteiger partial charge in [-0.25, -0.2) is 8.42 Å². The van der Waals surface area contributed by atoms with Crippen molar-refractivity contribution in [2.24, 2.45) is 11.7 Å². The van der Waals surface area contributed by atoms with E-state index in [1.807, 2.05) is 6.92 Å². The molecule has 0 bridgehead atoms. The molecule has 7 heteroatoms. The molecule has 0 aromatic carbocycles. The number of H-pyrrole nitrogens is 1. The molecule has 6 nitrogen and oxygen atoms in total. The zero-order valence-corrected chi connectivity index (χ0v) is 12.3. The highest BCUT2D eigenvalue weighted by Gasteiger charge is 2.32. The van der Waals surface area contributed by atoms with Crippen LogP contribution in [-0.4, -0.2) is 36.0 Å². The van der Waals surface area contributed by atoms with Crippen LogP contribution >= 0.6 is 0 Å². The summed E-state index contributed by atoms with van der Waals surface area (Å²) in [5.74, 6) is 0.496. The standard InChI is InChI=1S/C12H22N4O2S/c1-3-16(8-10-5-4-6-10)19(17,18)12-11(7-13)9(2)14-15-12/h10H,3-8,13H2,1-2H3,(H,14,15). The number of nitrogens with zero attached hydrogens (tertiary/aromatic N) is 2. The topological polar surface area (TPSA) is 92.1 Å². The van der Waals surface area contributed by atoms with Crippen molar-refractivity contribution in [1.29, 1.82) is 0 Å².